The van der Waals surface area contributed by atoms with Crippen LogP contribution in [0.4, 0.5) is 5.13 Å². The Morgan fingerprint density at radius 2 is 2.15 bits per heavy atom. The molecule has 0 spiro atoms. The number of aromatic nitrogens is 2. The van der Waals surface area contributed by atoms with Gasteiger partial charge in [-0.3, -0.25) is 9.59 Å². The SMILES string of the molecule is COc1ccccc1Cc1nnc(NC(=O)[C@@H]2CC(=O)N(C(C)C)C2)s1. The lowest BCUT2D eigenvalue weighted by atomic mass is 10.1. The van der Waals surface area contributed by atoms with Gasteiger partial charge in [0.25, 0.3) is 0 Å². The molecule has 0 saturated carbocycles. The predicted octanol–water partition coefficient (Wildman–Crippen LogP) is 2.33. The number of hydrogen-bond acceptors (Lipinski definition) is 6. The highest BCUT2D eigenvalue weighted by molar-refractivity contribution is 7.15. The minimum atomic E-state index is -0.341. The third kappa shape index (κ3) is 4.01. The van der Waals surface area contributed by atoms with E-state index in [1.807, 2.05) is 38.1 Å². The summed E-state index contributed by atoms with van der Waals surface area (Å²) >= 11 is 1.33. The van der Waals surface area contributed by atoms with Crippen LogP contribution in [0.3, 0.4) is 0 Å². The molecule has 2 heterocycles. The largest absolute Gasteiger partial charge is 0.496 e. The summed E-state index contributed by atoms with van der Waals surface area (Å²) in [6.07, 6.45) is 0.831. The highest BCUT2D eigenvalue weighted by atomic mass is 32.1. The zero-order valence-electron chi connectivity index (χ0n) is 15.1. The molecule has 0 radical (unpaired) electrons. The lowest BCUT2D eigenvalue weighted by Gasteiger charge is -2.20. The van der Waals surface area contributed by atoms with Crippen molar-refractivity contribution in [1.29, 1.82) is 0 Å². The molecule has 7 nitrogen and oxygen atoms in total. The zero-order valence-corrected chi connectivity index (χ0v) is 15.9. The van der Waals surface area contributed by atoms with E-state index < -0.39 is 0 Å². The number of carbonyl (C=O) groups excluding carboxylic acids is 2. The number of hydrogen-bond donors (Lipinski definition) is 1. The Morgan fingerprint density at radius 1 is 1.38 bits per heavy atom. The van der Waals surface area contributed by atoms with E-state index in [9.17, 15) is 9.59 Å². The molecule has 1 atom stereocenters. The topological polar surface area (TPSA) is 84.4 Å². The molecule has 1 aromatic heterocycles. The zero-order chi connectivity index (χ0) is 18.7. The lowest BCUT2D eigenvalue weighted by Crippen LogP contribution is -2.33. The molecular weight excluding hydrogens is 352 g/mol. The summed E-state index contributed by atoms with van der Waals surface area (Å²) in [5.74, 6) is 0.300. The highest BCUT2D eigenvalue weighted by Gasteiger charge is 2.35. The number of anilines is 1. The molecule has 2 aromatic rings. The fourth-order valence-electron chi connectivity index (χ4n) is 3.00. The van der Waals surface area contributed by atoms with Crippen molar-refractivity contribution in [2.24, 2.45) is 5.92 Å². The van der Waals surface area contributed by atoms with Crippen molar-refractivity contribution >= 4 is 28.3 Å². The van der Waals surface area contributed by atoms with Gasteiger partial charge < -0.3 is 15.0 Å². The average Bonchev–Trinajstić information content (AvgIpc) is 3.22. The Hall–Kier alpha value is -2.48. The Labute approximate surface area is 156 Å². The number of nitrogens with one attached hydrogen (secondary N) is 1. The van der Waals surface area contributed by atoms with Gasteiger partial charge in [0, 0.05) is 31.0 Å². The standard InChI is InChI=1S/C18H22N4O3S/c1-11(2)22-10-13(9-16(22)23)17(24)19-18-21-20-15(26-18)8-12-6-4-5-7-14(12)25-3/h4-7,11,13H,8-10H2,1-3H3,(H,19,21,24)/t13-/m1/s1. The molecule has 1 aliphatic rings. The van der Waals surface area contributed by atoms with Gasteiger partial charge in [-0.25, -0.2) is 0 Å². The smallest absolute Gasteiger partial charge is 0.231 e. The van der Waals surface area contributed by atoms with E-state index in [2.05, 4.69) is 15.5 Å². The molecule has 1 aromatic carbocycles. The summed E-state index contributed by atoms with van der Waals surface area (Å²) in [6, 6.07) is 7.84. The molecule has 1 aliphatic heterocycles. The number of carbonyl (C=O) groups is 2. The average molecular weight is 374 g/mol. The van der Waals surface area contributed by atoms with E-state index in [-0.39, 0.29) is 30.2 Å². The first-order valence-electron chi connectivity index (χ1n) is 8.52. The normalized spacial score (nSPS) is 17.0. The van der Waals surface area contributed by atoms with Crippen LogP contribution in [0.15, 0.2) is 24.3 Å². The van der Waals surface area contributed by atoms with Crippen LogP contribution in [0.5, 0.6) is 5.75 Å². The molecule has 0 bridgehead atoms. The van der Waals surface area contributed by atoms with Crippen molar-refractivity contribution in [2.75, 3.05) is 19.0 Å². The van der Waals surface area contributed by atoms with Gasteiger partial charge >= 0.3 is 0 Å². The van der Waals surface area contributed by atoms with E-state index in [0.29, 0.717) is 18.1 Å². The van der Waals surface area contributed by atoms with Crippen molar-refractivity contribution in [1.82, 2.24) is 15.1 Å². The van der Waals surface area contributed by atoms with Gasteiger partial charge in [-0.15, -0.1) is 10.2 Å². The van der Waals surface area contributed by atoms with Gasteiger partial charge in [-0.05, 0) is 19.9 Å². The molecule has 8 heteroatoms. The number of rotatable bonds is 6. The maximum atomic E-state index is 12.4. The second-order valence-corrected chi connectivity index (χ2v) is 7.58. The summed E-state index contributed by atoms with van der Waals surface area (Å²) in [4.78, 5) is 26.1. The van der Waals surface area contributed by atoms with Gasteiger partial charge in [0.05, 0.1) is 13.0 Å². The quantitative estimate of drug-likeness (QED) is 0.839. The highest BCUT2D eigenvalue weighted by Crippen LogP contribution is 2.26. The van der Waals surface area contributed by atoms with Crippen molar-refractivity contribution in [3.05, 3.63) is 34.8 Å². The van der Waals surface area contributed by atoms with Crippen LogP contribution in [0, 0.1) is 5.92 Å². The van der Waals surface area contributed by atoms with Gasteiger partial charge in [-0.2, -0.15) is 0 Å². The fraction of sp³-hybridized carbons (Fsp3) is 0.444. The summed E-state index contributed by atoms with van der Waals surface area (Å²) in [7, 11) is 1.63. The summed E-state index contributed by atoms with van der Waals surface area (Å²) in [5, 5.41) is 12.2. The first-order valence-corrected chi connectivity index (χ1v) is 9.34. The van der Waals surface area contributed by atoms with Crippen molar-refractivity contribution in [3.8, 4) is 5.75 Å². The number of likely N-dealkylation sites (tertiary alicyclic amines) is 1. The molecule has 1 saturated heterocycles. The first-order chi connectivity index (χ1) is 12.5. The maximum absolute atomic E-state index is 12.4. The van der Waals surface area contributed by atoms with Crippen molar-refractivity contribution in [2.45, 2.75) is 32.7 Å². The van der Waals surface area contributed by atoms with Crippen LogP contribution >= 0.6 is 11.3 Å². The van der Waals surface area contributed by atoms with Gasteiger partial charge in [0.1, 0.15) is 10.8 Å². The van der Waals surface area contributed by atoms with Crippen LogP contribution in [0.25, 0.3) is 0 Å². The minimum Gasteiger partial charge on any atom is -0.496 e. The monoisotopic (exact) mass is 374 g/mol. The van der Waals surface area contributed by atoms with E-state index in [0.717, 1.165) is 16.3 Å². The Balaban J connectivity index is 1.62. The van der Waals surface area contributed by atoms with E-state index in [4.69, 9.17) is 4.74 Å². The lowest BCUT2D eigenvalue weighted by molar-refractivity contribution is -0.129. The molecule has 0 aliphatic carbocycles. The van der Waals surface area contributed by atoms with Gasteiger partial charge in [0.2, 0.25) is 16.9 Å². The summed E-state index contributed by atoms with van der Waals surface area (Å²) in [6.45, 7) is 4.36. The molecule has 138 valence electrons. The van der Waals surface area contributed by atoms with Gasteiger partial charge in [0.15, 0.2) is 0 Å². The van der Waals surface area contributed by atoms with Crippen LogP contribution in [-0.2, 0) is 16.0 Å². The van der Waals surface area contributed by atoms with Crippen LogP contribution < -0.4 is 10.1 Å². The molecule has 1 N–H and O–H groups in total. The number of ether oxygens (including phenoxy) is 1. The third-order valence-electron chi connectivity index (χ3n) is 4.38. The van der Waals surface area contributed by atoms with Crippen molar-refractivity contribution < 1.29 is 14.3 Å². The molecule has 26 heavy (non-hydrogen) atoms. The minimum absolute atomic E-state index is 0.0225. The van der Waals surface area contributed by atoms with Crippen molar-refractivity contribution in [3.63, 3.8) is 0 Å². The molecule has 1 fully saturated rings. The Bertz CT molecular complexity index is 805. The number of benzene rings is 1. The van der Waals surface area contributed by atoms with E-state index >= 15 is 0 Å². The maximum Gasteiger partial charge on any atom is 0.231 e. The summed E-state index contributed by atoms with van der Waals surface area (Å²) in [5.41, 5.74) is 1.01. The van der Waals surface area contributed by atoms with E-state index in [1.165, 1.54) is 11.3 Å². The Morgan fingerprint density at radius 3 is 2.85 bits per heavy atom. The second-order valence-electron chi connectivity index (χ2n) is 6.52. The summed E-state index contributed by atoms with van der Waals surface area (Å²) < 4.78 is 5.35. The number of para-hydroxylation sites is 1. The molecular formula is C18H22N4O3S. The van der Waals surface area contributed by atoms with Gasteiger partial charge in [-0.1, -0.05) is 29.5 Å². The predicted molar refractivity (Wildman–Crippen MR) is 99.3 cm³/mol. The second kappa shape index (κ2) is 7.82. The van der Waals surface area contributed by atoms with Crippen LogP contribution in [0.1, 0.15) is 30.8 Å². The number of methoxy groups -OCH3 is 1. The molecule has 0 unspecified atom stereocenters. The first kappa shape index (κ1) is 18.3. The fourth-order valence-corrected chi connectivity index (χ4v) is 3.77. The van der Waals surface area contributed by atoms with E-state index in [1.54, 1.807) is 12.0 Å². The molecule has 3 rings (SSSR count). The van der Waals surface area contributed by atoms with Crippen LogP contribution in [-0.4, -0.2) is 46.6 Å². The third-order valence-corrected chi connectivity index (χ3v) is 5.22. The molecule has 2 amide bonds. The van der Waals surface area contributed by atoms with Crippen LogP contribution in [0.2, 0.25) is 0 Å². The Kier molecular flexibility index (Phi) is 5.51. The number of amides is 2. The number of nitrogens with zero attached hydrogens (tertiary/aromatic N) is 3.